The summed E-state index contributed by atoms with van der Waals surface area (Å²) in [5, 5.41) is 0. The zero-order chi connectivity index (χ0) is 10.2. The summed E-state index contributed by atoms with van der Waals surface area (Å²) in [4.78, 5) is 22.6. The monoisotopic (exact) mass is 194 g/mol. The van der Waals surface area contributed by atoms with Crippen molar-refractivity contribution in [2.45, 2.75) is 32.1 Å². The molecule has 0 aromatic rings. The van der Waals surface area contributed by atoms with E-state index in [9.17, 15) is 9.59 Å². The molecule has 2 saturated carbocycles. The number of fused-ring (bicyclic) bond motifs is 2. The van der Waals surface area contributed by atoms with Crippen LogP contribution in [0.5, 0.6) is 0 Å². The van der Waals surface area contributed by atoms with E-state index in [2.05, 4.69) is 6.58 Å². The van der Waals surface area contributed by atoms with Gasteiger partial charge in [0.15, 0.2) is 0 Å². The zero-order valence-electron chi connectivity index (χ0n) is 8.12. The van der Waals surface area contributed by atoms with Crippen LogP contribution in [0, 0.1) is 11.3 Å². The van der Waals surface area contributed by atoms with Crippen LogP contribution >= 0.6 is 0 Å². The fourth-order valence-electron chi connectivity index (χ4n) is 2.72. The third-order valence-electron chi connectivity index (χ3n) is 3.53. The van der Waals surface area contributed by atoms with Gasteiger partial charge in [0.05, 0.1) is 5.41 Å². The third-order valence-corrected chi connectivity index (χ3v) is 3.53. The minimum Gasteiger partial charge on any atom is -0.389 e. The number of carbonyl (C=O) groups is 2. The highest BCUT2D eigenvalue weighted by molar-refractivity contribution is 5.94. The van der Waals surface area contributed by atoms with Gasteiger partial charge in [-0.2, -0.15) is 0 Å². The average Bonchev–Trinajstić information content (AvgIpc) is 2.78. The molecule has 0 aliphatic heterocycles. The van der Waals surface area contributed by atoms with E-state index in [0.717, 1.165) is 38.2 Å². The lowest BCUT2D eigenvalue weighted by molar-refractivity contribution is -0.164. The summed E-state index contributed by atoms with van der Waals surface area (Å²) in [5.74, 6) is -0.275. The van der Waals surface area contributed by atoms with E-state index < -0.39 is 5.97 Å². The van der Waals surface area contributed by atoms with Crippen LogP contribution in [0.25, 0.3) is 0 Å². The maximum Gasteiger partial charge on any atom is 0.337 e. The van der Waals surface area contributed by atoms with Crippen molar-refractivity contribution in [2.75, 3.05) is 0 Å². The molecule has 0 atom stereocenters. The zero-order valence-corrected chi connectivity index (χ0v) is 8.12. The molecule has 0 N–H and O–H groups in total. The summed E-state index contributed by atoms with van der Waals surface area (Å²) < 4.78 is 4.71. The van der Waals surface area contributed by atoms with Crippen molar-refractivity contribution in [2.24, 2.45) is 11.3 Å². The summed E-state index contributed by atoms with van der Waals surface area (Å²) in [6.45, 7) is 3.27. The van der Waals surface area contributed by atoms with Crippen LogP contribution < -0.4 is 0 Å². The summed E-state index contributed by atoms with van der Waals surface area (Å²) in [6.07, 6.45) is 5.95. The molecular weight excluding hydrogens is 180 g/mol. The van der Waals surface area contributed by atoms with Gasteiger partial charge >= 0.3 is 11.9 Å². The normalized spacial score (nSPS) is 34.1. The number of hydrogen-bond donors (Lipinski definition) is 0. The van der Waals surface area contributed by atoms with Gasteiger partial charge in [-0.15, -0.1) is 0 Å². The van der Waals surface area contributed by atoms with Gasteiger partial charge < -0.3 is 4.74 Å². The van der Waals surface area contributed by atoms with Crippen molar-refractivity contribution in [1.29, 1.82) is 0 Å². The van der Waals surface area contributed by atoms with Gasteiger partial charge in [0.25, 0.3) is 0 Å². The molecule has 0 heterocycles. The molecule has 2 rings (SSSR count). The second-order valence-electron chi connectivity index (χ2n) is 4.34. The Labute approximate surface area is 83.1 Å². The van der Waals surface area contributed by atoms with Crippen LogP contribution in [0.1, 0.15) is 32.1 Å². The summed E-state index contributed by atoms with van der Waals surface area (Å²) in [6, 6.07) is 0. The minimum absolute atomic E-state index is 0.330. The molecule has 2 aliphatic rings. The van der Waals surface area contributed by atoms with Gasteiger partial charge in [0.1, 0.15) is 0 Å². The highest BCUT2D eigenvalue weighted by atomic mass is 16.6. The minimum atomic E-state index is -0.625. The van der Waals surface area contributed by atoms with Crippen LogP contribution in [0.2, 0.25) is 0 Å². The third kappa shape index (κ3) is 1.37. The Kier molecular flexibility index (Phi) is 2.17. The van der Waals surface area contributed by atoms with Gasteiger partial charge in [-0.25, -0.2) is 4.79 Å². The first-order chi connectivity index (χ1) is 6.66. The van der Waals surface area contributed by atoms with E-state index in [1.807, 2.05) is 0 Å². The number of hydrogen-bond acceptors (Lipinski definition) is 3. The van der Waals surface area contributed by atoms with Crippen LogP contribution in [-0.2, 0) is 14.3 Å². The molecule has 0 spiro atoms. The standard InChI is InChI=1S/C11H14O3/c1-2-9(12)14-10(13)11-5-3-8(7-11)4-6-11/h2,8H,1,3-7H2. The Morgan fingerprint density at radius 2 is 2.00 bits per heavy atom. The molecule has 14 heavy (non-hydrogen) atoms. The quantitative estimate of drug-likeness (QED) is 0.382. The first kappa shape index (κ1) is 9.44. The van der Waals surface area contributed by atoms with E-state index in [4.69, 9.17) is 4.74 Å². The largest absolute Gasteiger partial charge is 0.389 e. The Morgan fingerprint density at radius 3 is 2.43 bits per heavy atom. The van der Waals surface area contributed by atoms with Crippen LogP contribution in [0.4, 0.5) is 0 Å². The van der Waals surface area contributed by atoms with Crippen molar-refractivity contribution in [3.8, 4) is 0 Å². The SMILES string of the molecule is C=CC(=O)OC(=O)C12CCC(CC1)C2. The van der Waals surface area contributed by atoms with Crippen molar-refractivity contribution in [1.82, 2.24) is 0 Å². The molecule has 0 aromatic heterocycles. The van der Waals surface area contributed by atoms with Gasteiger partial charge in [0, 0.05) is 6.08 Å². The van der Waals surface area contributed by atoms with Gasteiger partial charge in [-0.3, -0.25) is 4.79 Å². The lowest BCUT2D eigenvalue weighted by Gasteiger charge is -2.22. The summed E-state index contributed by atoms with van der Waals surface area (Å²) in [5.41, 5.74) is -0.330. The van der Waals surface area contributed by atoms with Crippen molar-refractivity contribution in [3.05, 3.63) is 12.7 Å². The molecule has 76 valence electrons. The summed E-state index contributed by atoms with van der Waals surface area (Å²) in [7, 11) is 0. The van der Waals surface area contributed by atoms with Gasteiger partial charge in [-0.05, 0) is 38.0 Å². The highest BCUT2D eigenvalue weighted by Crippen LogP contribution is 2.54. The number of rotatable bonds is 2. The molecule has 2 fully saturated rings. The summed E-state index contributed by atoms with van der Waals surface area (Å²) >= 11 is 0. The van der Waals surface area contributed by atoms with E-state index in [0.29, 0.717) is 5.92 Å². The van der Waals surface area contributed by atoms with Crippen molar-refractivity contribution < 1.29 is 14.3 Å². The van der Waals surface area contributed by atoms with Crippen molar-refractivity contribution >= 4 is 11.9 Å². The number of ether oxygens (including phenoxy) is 1. The van der Waals surface area contributed by atoms with Crippen LogP contribution in [0.3, 0.4) is 0 Å². The van der Waals surface area contributed by atoms with Gasteiger partial charge in [0.2, 0.25) is 0 Å². The maximum atomic E-state index is 11.7. The van der Waals surface area contributed by atoms with Gasteiger partial charge in [-0.1, -0.05) is 6.58 Å². The number of carbonyl (C=O) groups excluding carboxylic acids is 2. The first-order valence-corrected chi connectivity index (χ1v) is 5.05. The lowest BCUT2D eigenvalue weighted by atomic mass is 9.84. The smallest absolute Gasteiger partial charge is 0.337 e. The molecule has 3 heteroatoms. The molecular formula is C11H14O3. The van der Waals surface area contributed by atoms with Crippen LogP contribution in [0.15, 0.2) is 12.7 Å². The van der Waals surface area contributed by atoms with Crippen LogP contribution in [-0.4, -0.2) is 11.9 Å². The average molecular weight is 194 g/mol. The fraction of sp³-hybridized carbons (Fsp3) is 0.636. The molecule has 2 bridgehead atoms. The molecule has 3 nitrogen and oxygen atoms in total. The maximum absolute atomic E-state index is 11.7. The molecule has 0 saturated heterocycles. The molecule has 2 aliphatic carbocycles. The fourth-order valence-corrected chi connectivity index (χ4v) is 2.72. The van der Waals surface area contributed by atoms with Crippen molar-refractivity contribution in [3.63, 3.8) is 0 Å². The predicted octanol–water partition coefficient (Wildman–Crippen LogP) is 1.82. The molecule has 0 aromatic carbocycles. The topological polar surface area (TPSA) is 43.4 Å². The Bertz CT molecular complexity index is 285. The molecule has 0 unspecified atom stereocenters. The first-order valence-electron chi connectivity index (χ1n) is 5.05. The predicted molar refractivity (Wildman–Crippen MR) is 50.3 cm³/mol. The second kappa shape index (κ2) is 3.23. The Morgan fingerprint density at radius 1 is 1.36 bits per heavy atom. The van der Waals surface area contributed by atoms with E-state index in [1.165, 1.54) is 0 Å². The molecule has 0 radical (unpaired) electrons. The second-order valence-corrected chi connectivity index (χ2v) is 4.34. The number of esters is 2. The molecule has 0 amide bonds. The Balaban J connectivity index is 2.04. The Hall–Kier alpha value is -1.12. The highest BCUT2D eigenvalue weighted by Gasteiger charge is 2.51. The van der Waals surface area contributed by atoms with E-state index in [-0.39, 0.29) is 11.4 Å². The van der Waals surface area contributed by atoms with E-state index >= 15 is 0 Å². The van der Waals surface area contributed by atoms with E-state index in [1.54, 1.807) is 0 Å². The lowest BCUT2D eigenvalue weighted by Crippen LogP contribution is -2.29.